The Hall–Kier alpha value is -2.17. The first kappa shape index (κ1) is 17.2. The molecule has 2 rings (SSSR count). The molecule has 0 unspecified atom stereocenters. The van der Waals surface area contributed by atoms with Crippen LogP contribution in [0.25, 0.3) is 10.6 Å². The SMILES string of the molecule is CCOC(=O)CC(=O)CSc1nc(-c2cccs2)ccc1C#N. The highest BCUT2D eigenvalue weighted by molar-refractivity contribution is 8.00. The fourth-order valence-corrected chi connectivity index (χ4v) is 3.30. The maximum Gasteiger partial charge on any atom is 0.313 e. The van der Waals surface area contributed by atoms with Gasteiger partial charge in [-0.25, -0.2) is 4.98 Å². The van der Waals surface area contributed by atoms with Crippen LogP contribution in [0.4, 0.5) is 0 Å². The third-order valence-electron chi connectivity index (χ3n) is 2.77. The molecule has 2 heterocycles. The van der Waals surface area contributed by atoms with Gasteiger partial charge in [-0.2, -0.15) is 5.26 Å². The minimum Gasteiger partial charge on any atom is -0.466 e. The summed E-state index contributed by atoms with van der Waals surface area (Å²) < 4.78 is 4.74. The van der Waals surface area contributed by atoms with Gasteiger partial charge in [-0.05, 0) is 30.5 Å². The van der Waals surface area contributed by atoms with Crippen molar-refractivity contribution in [2.45, 2.75) is 18.4 Å². The van der Waals surface area contributed by atoms with Crippen molar-refractivity contribution in [3.63, 3.8) is 0 Å². The van der Waals surface area contributed by atoms with Crippen LogP contribution in [0.1, 0.15) is 18.9 Å². The van der Waals surface area contributed by atoms with E-state index >= 15 is 0 Å². The van der Waals surface area contributed by atoms with Gasteiger partial charge in [0.2, 0.25) is 0 Å². The molecule has 0 N–H and O–H groups in total. The summed E-state index contributed by atoms with van der Waals surface area (Å²) in [5, 5.41) is 11.6. The number of nitriles is 1. The second kappa shape index (κ2) is 8.46. The fraction of sp³-hybridized carbons (Fsp3) is 0.250. The van der Waals surface area contributed by atoms with Crippen LogP contribution in [0.3, 0.4) is 0 Å². The minimum atomic E-state index is -0.529. The molecule has 0 amide bonds. The average Bonchev–Trinajstić information content (AvgIpc) is 3.07. The molecule has 2 aromatic rings. The molecule has 0 aliphatic heterocycles. The van der Waals surface area contributed by atoms with Crippen LogP contribution in [0.2, 0.25) is 0 Å². The van der Waals surface area contributed by atoms with Crippen LogP contribution in [-0.4, -0.2) is 29.1 Å². The van der Waals surface area contributed by atoms with Crippen molar-refractivity contribution in [2.75, 3.05) is 12.4 Å². The Bertz CT molecular complexity index is 736. The number of hydrogen-bond acceptors (Lipinski definition) is 7. The number of thiophene rings is 1. The van der Waals surface area contributed by atoms with Crippen LogP contribution in [0, 0.1) is 11.3 Å². The number of ether oxygens (including phenoxy) is 1. The number of nitrogens with zero attached hydrogens (tertiary/aromatic N) is 2. The van der Waals surface area contributed by atoms with Gasteiger partial charge in [0.25, 0.3) is 0 Å². The minimum absolute atomic E-state index is 0.0778. The molecule has 0 saturated heterocycles. The normalized spacial score (nSPS) is 10.1. The van der Waals surface area contributed by atoms with E-state index in [1.54, 1.807) is 30.4 Å². The van der Waals surface area contributed by atoms with Crippen LogP contribution in [0.5, 0.6) is 0 Å². The topological polar surface area (TPSA) is 80.1 Å². The van der Waals surface area contributed by atoms with E-state index in [1.165, 1.54) is 0 Å². The number of pyridine rings is 1. The summed E-state index contributed by atoms with van der Waals surface area (Å²) in [6, 6.07) is 9.42. The molecule has 0 spiro atoms. The molecule has 7 heteroatoms. The fourth-order valence-electron chi connectivity index (χ4n) is 1.77. The van der Waals surface area contributed by atoms with Gasteiger partial charge in [-0.1, -0.05) is 17.8 Å². The maximum atomic E-state index is 11.8. The summed E-state index contributed by atoms with van der Waals surface area (Å²) >= 11 is 2.72. The van der Waals surface area contributed by atoms with E-state index in [0.29, 0.717) is 10.6 Å². The molecule has 23 heavy (non-hydrogen) atoms. The lowest BCUT2D eigenvalue weighted by Gasteiger charge is -2.05. The Morgan fingerprint density at radius 2 is 2.22 bits per heavy atom. The molecule has 0 aliphatic rings. The molecule has 0 saturated carbocycles. The average molecular weight is 346 g/mol. The number of Topliss-reactive ketones (excluding diaryl/α,β-unsaturated/α-hetero) is 1. The zero-order valence-corrected chi connectivity index (χ0v) is 14.1. The van der Waals surface area contributed by atoms with E-state index in [4.69, 9.17) is 10.00 Å². The number of aromatic nitrogens is 1. The number of rotatable bonds is 7. The first-order chi connectivity index (χ1) is 11.1. The smallest absolute Gasteiger partial charge is 0.313 e. The molecular weight excluding hydrogens is 332 g/mol. The lowest BCUT2D eigenvalue weighted by atomic mass is 10.2. The maximum absolute atomic E-state index is 11.8. The number of carbonyl (C=O) groups excluding carboxylic acids is 2. The van der Waals surface area contributed by atoms with Gasteiger partial charge >= 0.3 is 5.97 Å². The third kappa shape index (κ3) is 4.91. The monoisotopic (exact) mass is 346 g/mol. The Labute approximate surface area is 142 Å². The summed E-state index contributed by atoms with van der Waals surface area (Å²) in [6.45, 7) is 1.94. The van der Waals surface area contributed by atoms with Gasteiger partial charge in [0.05, 0.1) is 28.5 Å². The number of carbonyl (C=O) groups is 2. The predicted molar refractivity (Wildman–Crippen MR) is 89.2 cm³/mol. The van der Waals surface area contributed by atoms with Crippen LogP contribution >= 0.6 is 23.1 Å². The summed E-state index contributed by atoms with van der Waals surface area (Å²) in [5.74, 6) is -0.700. The number of ketones is 1. The Morgan fingerprint density at radius 3 is 2.87 bits per heavy atom. The van der Waals surface area contributed by atoms with Gasteiger partial charge < -0.3 is 4.74 Å². The van der Waals surface area contributed by atoms with Crippen molar-refractivity contribution in [2.24, 2.45) is 0 Å². The number of thioether (sulfide) groups is 1. The molecule has 0 fully saturated rings. The number of esters is 1. The first-order valence-corrected chi connectivity index (χ1v) is 8.75. The highest BCUT2D eigenvalue weighted by Gasteiger charge is 2.14. The molecule has 118 valence electrons. The summed E-state index contributed by atoms with van der Waals surface area (Å²) in [5.41, 5.74) is 1.18. The van der Waals surface area contributed by atoms with E-state index in [1.807, 2.05) is 17.5 Å². The highest BCUT2D eigenvalue weighted by atomic mass is 32.2. The number of hydrogen-bond donors (Lipinski definition) is 0. The molecule has 0 radical (unpaired) electrons. The standard InChI is InChI=1S/C16H14N2O3S2/c1-2-21-15(20)8-12(19)10-23-16-11(9-17)5-6-13(18-16)14-4-3-7-22-14/h3-7H,2,8,10H2,1H3. The third-order valence-corrected chi connectivity index (χ3v) is 4.71. The summed E-state index contributed by atoms with van der Waals surface area (Å²) in [4.78, 5) is 28.5. The van der Waals surface area contributed by atoms with E-state index < -0.39 is 5.97 Å². The van der Waals surface area contributed by atoms with Crippen LogP contribution in [-0.2, 0) is 14.3 Å². The van der Waals surface area contributed by atoms with Gasteiger partial charge in [-0.3, -0.25) is 9.59 Å². The molecule has 0 bridgehead atoms. The second-order valence-corrected chi connectivity index (χ2v) is 6.36. The van der Waals surface area contributed by atoms with Crippen molar-refractivity contribution in [1.82, 2.24) is 4.98 Å². The van der Waals surface area contributed by atoms with E-state index in [-0.39, 0.29) is 24.6 Å². The predicted octanol–water partition coefficient (Wildman–Crippen LogP) is 3.30. The van der Waals surface area contributed by atoms with Gasteiger partial charge in [0.15, 0.2) is 5.78 Å². The molecule has 0 aromatic carbocycles. The highest BCUT2D eigenvalue weighted by Crippen LogP contribution is 2.27. The quantitative estimate of drug-likeness (QED) is 0.435. The first-order valence-electron chi connectivity index (χ1n) is 6.89. The molecule has 0 aliphatic carbocycles. The van der Waals surface area contributed by atoms with Crippen molar-refractivity contribution >= 4 is 34.9 Å². The van der Waals surface area contributed by atoms with Crippen molar-refractivity contribution < 1.29 is 14.3 Å². The van der Waals surface area contributed by atoms with Gasteiger partial charge in [-0.15, -0.1) is 11.3 Å². The van der Waals surface area contributed by atoms with Crippen LogP contribution < -0.4 is 0 Å². The summed E-state index contributed by atoms with van der Waals surface area (Å²) in [7, 11) is 0. The van der Waals surface area contributed by atoms with E-state index in [0.717, 1.165) is 22.3 Å². The van der Waals surface area contributed by atoms with Crippen molar-refractivity contribution in [3.8, 4) is 16.6 Å². The Morgan fingerprint density at radius 1 is 1.39 bits per heavy atom. The molecule has 2 aromatic heterocycles. The molecule has 0 atom stereocenters. The second-order valence-electron chi connectivity index (χ2n) is 4.45. The van der Waals surface area contributed by atoms with Gasteiger partial charge in [0.1, 0.15) is 17.5 Å². The zero-order valence-electron chi connectivity index (χ0n) is 12.4. The van der Waals surface area contributed by atoms with Crippen molar-refractivity contribution in [3.05, 3.63) is 35.2 Å². The largest absolute Gasteiger partial charge is 0.466 e. The lowest BCUT2D eigenvalue weighted by molar-refractivity contribution is -0.145. The van der Waals surface area contributed by atoms with E-state index in [2.05, 4.69) is 11.1 Å². The molecule has 5 nitrogen and oxygen atoms in total. The van der Waals surface area contributed by atoms with E-state index in [9.17, 15) is 9.59 Å². The van der Waals surface area contributed by atoms with Gasteiger partial charge in [0, 0.05) is 0 Å². The van der Waals surface area contributed by atoms with Crippen LogP contribution in [0.15, 0.2) is 34.7 Å². The Kier molecular flexibility index (Phi) is 6.32. The Balaban J connectivity index is 2.06. The summed E-state index contributed by atoms with van der Waals surface area (Å²) in [6.07, 6.45) is -0.257. The lowest BCUT2D eigenvalue weighted by Crippen LogP contribution is -2.12. The van der Waals surface area contributed by atoms with Crippen molar-refractivity contribution in [1.29, 1.82) is 5.26 Å². The molecular formula is C16H14N2O3S2. The zero-order chi connectivity index (χ0) is 16.7.